The van der Waals surface area contributed by atoms with Crippen LogP contribution in [-0.2, 0) is 16.0 Å². The van der Waals surface area contributed by atoms with Gasteiger partial charge in [-0.15, -0.1) is 12.4 Å². The summed E-state index contributed by atoms with van der Waals surface area (Å²) in [5.74, 6) is -1.49. The maximum Gasteiger partial charge on any atom is 0.228 e. The van der Waals surface area contributed by atoms with Gasteiger partial charge in [-0.25, -0.2) is 0 Å². The number of carbonyl (C=O) groups is 2. The van der Waals surface area contributed by atoms with Crippen LogP contribution in [0, 0.1) is 5.92 Å². The molecule has 2 aliphatic rings. The second-order valence-electron chi connectivity index (χ2n) is 10.3. The number of aliphatic hydroxyl groups excluding tert-OH is 2. The number of ketones is 2. The van der Waals surface area contributed by atoms with Crippen molar-refractivity contribution in [3.8, 4) is 0 Å². The summed E-state index contributed by atoms with van der Waals surface area (Å²) in [5, 5.41) is 21.1. The monoisotopic (exact) mass is 517 g/mol. The summed E-state index contributed by atoms with van der Waals surface area (Å²) in [6.45, 7) is 4.05. The summed E-state index contributed by atoms with van der Waals surface area (Å²) in [5.41, 5.74) is 1.47. The first-order chi connectivity index (χ1) is 17.0. The van der Waals surface area contributed by atoms with Crippen molar-refractivity contribution in [1.82, 2.24) is 4.90 Å². The van der Waals surface area contributed by atoms with E-state index in [1.165, 1.54) is 44.1 Å². The normalized spacial score (nSPS) is 17.6. The fourth-order valence-corrected chi connectivity index (χ4v) is 5.29. The summed E-state index contributed by atoms with van der Waals surface area (Å²) >= 11 is 0. The number of rotatable bonds is 14. The Morgan fingerprint density at radius 1 is 0.778 bits per heavy atom. The highest BCUT2D eigenvalue weighted by Crippen LogP contribution is 2.28. The predicted octanol–water partition coefficient (Wildman–Crippen LogP) is 7.06. The van der Waals surface area contributed by atoms with E-state index in [2.05, 4.69) is 36.1 Å². The molecule has 0 unspecified atom stereocenters. The zero-order valence-electron chi connectivity index (χ0n) is 21.8. The van der Waals surface area contributed by atoms with E-state index in [9.17, 15) is 19.8 Å². The second kappa shape index (κ2) is 15.9. The molecule has 1 aromatic carbocycles. The van der Waals surface area contributed by atoms with Gasteiger partial charge in [0.15, 0.2) is 11.5 Å². The fraction of sp³-hybridized carbons (Fsp3) is 0.600. The van der Waals surface area contributed by atoms with Gasteiger partial charge in [0.2, 0.25) is 11.6 Å². The van der Waals surface area contributed by atoms with Gasteiger partial charge in [0.1, 0.15) is 0 Å². The van der Waals surface area contributed by atoms with Gasteiger partial charge < -0.3 is 10.2 Å². The number of benzene rings is 1. The van der Waals surface area contributed by atoms with Crippen molar-refractivity contribution in [2.45, 2.75) is 90.4 Å². The molecule has 36 heavy (non-hydrogen) atoms. The van der Waals surface area contributed by atoms with Crippen LogP contribution in [0.4, 0.5) is 0 Å². The molecule has 1 saturated heterocycles. The minimum absolute atomic E-state index is 0. The molecule has 200 valence electrons. The molecule has 0 saturated carbocycles. The Morgan fingerprint density at radius 2 is 1.31 bits per heavy atom. The molecule has 1 heterocycles. The highest BCUT2D eigenvalue weighted by atomic mass is 35.5. The number of nitrogens with zero attached hydrogens (tertiary/aromatic N) is 1. The van der Waals surface area contributed by atoms with Gasteiger partial charge in [0, 0.05) is 12.1 Å². The summed E-state index contributed by atoms with van der Waals surface area (Å²) in [6.07, 6.45) is 13.7. The first kappa shape index (κ1) is 30.1. The van der Waals surface area contributed by atoms with Crippen molar-refractivity contribution in [3.05, 3.63) is 58.6 Å². The van der Waals surface area contributed by atoms with E-state index in [1.807, 2.05) is 6.07 Å². The minimum atomic E-state index is -0.584. The van der Waals surface area contributed by atoms with E-state index >= 15 is 0 Å². The molecule has 1 aliphatic carbocycles. The third-order valence-electron chi connectivity index (χ3n) is 7.54. The number of Topliss-reactive ketones (excluding diaryl/α,β-unsaturated/α-hetero) is 2. The lowest BCUT2D eigenvalue weighted by atomic mass is 9.88. The van der Waals surface area contributed by atoms with Crippen LogP contribution in [0.15, 0.2) is 53.0 Å². The quantitative estimate of drug-likeness (QED) is 0.204. The lowest BCUT2D eigenvalue weighted by molar-refractivity contribution is -0.120. The molecule has 5 nitrogen and oxygen atoms in total. The predicted molar refractivity (Wildman–Crippen MR) is 148 cm³/mol. The van der Waals surface area contributed by atoms with Crippen LogP contribution in [0.1, 0.15) is 89.5 Å². The van der Waals surface area contributed by atoms with Crippen molar-refractivity contribution in [2.24, 2.45) is 5.92 Å². The Hall–Kier alpha value is -2.11. The van der Waals surface area contributed by atoms with Gasteiger partial charge in [-0.2, -0.15) is 0 Å². The Labute approximate surface area is 223 Å². The maximum atomic E-state index is 12.8. The van der Waals surface area contributed by atoms with Crippen molar-refractivity contribution in [1.29, 1.82) is 0 Å². The molecule has 6 heteroatoms. The molecule has 0 aromatic heterocycles. The Kier molecular flexibility index (Phi) is 13.3. The standard InChI is InChI=1S/C30H43NO4.ClH/c1-2-3-4-5-6-7-8-9-13-16-25-27(32)29(34)26(30(35)28(25)33)22-31-19-17-24(18-20-31)21-23-14-11-10-12-15-23;/h10-12,14-15,24,32,35H,2-9,13,16-22H2,1H3;1H. The van der Waals surface area contributed by atoms with Crippen LogP contribution in [0.25, 0.3) is 0 Å². The van der Waals surface area contributed by atoms with Crippen LogP contribution < -0.4 is 0 Å². The van der Waals surface area contributed by atoms with E-state index in [0.717, 1.165) is 51.6 Å². The molecule has 0 bridgehead atoms. The van der Waals surface area contributed by atoms with Gasteiger partial charge in [-0.3, -0.25) is 14.5 Å². The number of halogens is 1. The van der Waals surface area contributed by atoms with Crippen LogP contribution in [-0.4, -0.2) is 46.3 Å². The maximum absolute atomic E-state index is 12.8. The second-order valence-corrected chi connectivity index (χ2v) is 10.3. The number of hydrogen-bond donors (Lipinski definition) is 2. The highest BCUT2D eigenvalue weighted by molar-refractivity contribution is 6.23. The lowest BCUT2D eigenvalue weighted by Gasteiger charge is -2.33. The molecule has 0 atom stereocenters. The molecule has 1 aromatic rings. The number of allylic oxidation sites excluding steroid dienone is 2. The third kappa shape index (κ3) is 8.77. The Balaban J connectivity index is 0.00000456. The smallest absolute Gasteiger partial charge is 0.228 e. The number of piperidine rings is 1. The van der Waals surface area contributed by atoms with Gasteiger partial charge in [-0.1, -0.05) is 88.6 Å². The van der Waals surface area contributed by atoms with Crippen LogP contribution in [0.2, 0.25) is 0 Å². The zero-order chi connectivity index (χ0) is 25.0. The van der Waals surface area contributed by atoms with Gasteiger partial charge in [0.05, 0.1) is 5.57 Å². The van der Waals surface area contributed by atoms with Crippen molar-refractivity contribution in [2.75, 3.05) is 19.6 Å². The molecular formula is C30H44ClNO4. The van der Waals surface area contributed by atoms with Gasteiger partial charge in [-0.05, 0) is 56.7 Å². The summed E-state index contributed by atoms with van der Waals surface area (Å²) in [7, 11) is 0. The summed E-state index contributed by atoms with van der Waals surface area (Å²) in [4.78, 5) is 27.7. The average Bonchev–Trinajstić information content (AvgIpc) is 2.88. The molecule has 1 aliphatic heterocycles. The number of unbranched alkanes of at least 4 members (excludes halogenated alkanes) is 8. The topological polar surface area (TPSA) is 77.8 Å². The molecule has 0 radical (unpaired) electrons. The summed E-state index contributed by atoms with van der Waals surface area (Å²) in [6, 6.07) is 10.5. The van der Waals surface area contributed by atoms with Gasteiger partial charge >= 0.3 is 0 Å². The SMILES string of the molecule is CCCCCCCCCCCC1=C(O)C(=O)C(CN2CCC(Cc3ccccc3)CC2)=C(O)C1=O.Cl. The van der Waals surface area contributed by atoms with E-state index in [1.54, 1.807) is 0 Å². The molecule has 0 spiro atoms. The number of carbonyl (C=O) groups excluding carboxylic acids is 2. The van der Waals surface area contributed by atoms with E-state index in [4.69, 9.17) is 0 Å². The average molecular weight is 518 g/mol. The molecule has 1 fully saturated rings. The van der Waals surface area contributed by atoms with Crippen LogP contribution in [0.5, 0.6) is 0 Å². The largest absolute Gasteiger partial charge is 0.504 e. The molecule has 3 rings (SSSR count). The molecule has 2 N–H and O–H groups in total. The number of hydrogen-bond acceptors (Lipinski definition) is 5. The number of aliphatic hydroxyl groups is 2. The van der Waals surface area contributed by atoms with Crippen molar-refractivity contribution < 1.29 is 19.8 Å². The van der Waals surface area contributed by atoms with Crippen LogP contribution in [0.3, 0.4) is 0 Å². The van der Waals surface area contributed by atoms with E-state index < -0.39 is 23.1 Å². The zero-order valence-corrected chi connectivity index (χ0v) is 22.7. The molecular weight excluding hydrogens is 474 g/mol. The fourth-order valence-electron chi connectivity index (χ4n) is 5.29. The number of likely N-dealkylation sites (tertiary alicyclic amines) is 1. The van der Waals surface area contributed by atoms with Crippen molar-refractivity contribution >= 4 is 24.0 Å². The first-order valence-electron chi connectivity index (χ1n) is 13.7. The van der Waals surface area contributed by atoms with Crippen molar-refractivity contribution in [3.63, 3.8) is 0 Å². The van der Waals surface area contributed by atoms with Gasteiger partial charge in [0.25, 0.3) is 0 Å². The highest BCUT2D eigenvalue weighted by Gasteiger charge is 2.35. The molecule has 0 amide bonds. The van der Waals surface area contributed by atoms with E-state index in [-0.39, 0.29) is 30.1 Å². The lowest BCUT2D eigenvalue weighted by Crippen LogP contribution is -2.38. The Morgan fingerprint density at radius 3 is 1.92 bits per heavy atom. The van der Waals surface area contributed by atoms with E-state index in [0.29, 0.717) is 12.3 Å². The van der Waals surface area contributed by atoms with Crippen LogP contribution >= 0.6 is 12.4 Å². The third-order valence-corrected chi connectivity index (χ3v) is 7.54. The Bertz CT molecular complexity index is 901. The summed E-state index contributed by atoms with van der Waals surface area (Å²) < 4.78 is 0. The first-order valence-corrected chi connectivity index (χ1v) is 13.7. The minimum Gasteiger partial charge on any atom is -0.504 e.